The first-order valence-corrected chi connectivity index (χ1v) is 10.8. The number of carbonyl (C=O) groups is 3. The lowest BCUT2D eigenvalue weighted by atomic mass is 9.98. The highest BCUT2D eigenvalue weighted by Gasteiger charge is 2.29. The van der Waals surface area contributed by atoms with Crippen molar-refractivity contribution in [2.24, 2.45) is 0 Å². The molecule has 3 aromatic rings. The first-order chi connectivity index (χ1) is 15.9. The number of nitrogens with zero attached hydrogens (tertiary/aromatic N) is 1. The highest BCUT2D eigenvalue weighted by molar-refractivity contribution is 7.17. The van der Waals surface area contributed by atoms with Crippen molar-refractivity contribution in [3.8, 4) is 23.0 Å². The second-order valence-corrected chi connectivity index (χ2v) is 8.17. The molecule has 9 heteroatoms. The molecule has 0 unspecified atom stereocenters. The van der Waals surface area contributed by atoms with Gasteiger partial charge in [0.05, 0.1) is 12.2 Å². The van der Waals surface area contributed by atoms with Crippen LogP contribution in [0.3, 0.4) is 0 Å². The second-order valence-electron chi connectivity index (χ2n) is 7.17. The molecule has 0 radical (unpaired) electrons. The Hall–Kier alpha value is -4.16. The summed E-state index contributed by atoms with van der Waals surface area (Å²) in [6.07, 6.45) is -0.662. The van der Waals surface area contributed by atoms with Gasteiger partial charge in [0.2, 0.25) is 0 Å². The molecule has 0 saturated heterocycles. The van der Waals surface area contributed by atoms with Gasteiger partial charge in [-0.1, -0.05) is 65.8 Å². The molecule has 0 aliphatic heterocycles. The summed E-state index contributed by atoms with van der Waals surface area (Å²) < 4.78 is 5.50. The first kappa shape index (κ1) is 22.0. The molecule has 0 fully saturated rings. The van der Waals surface area contributed by atoms with Crippen LogP contribution in [0.25, 0.3) is 11.1 Å². The lowest BCUT2D eigenvalue weighted by molar-refractivity contribution is -0.130. The number of aliphatic carboxylic acids is 1. The maximum atomic E-state index is 12.4. The van der Waals surface area contributed by atoms with Crippen LogP contribution in [0, 0.1) is 18.8 Å². The SMILES string of the molecule is Cc1nc(NC(=O)OCC2c3ccccc3-c3ccccc32)sc1C(=O)NCC#CC(=O)O. The van der Waals surface area contributed by atoms with Gasteiger partial charge in [0.25, 0.3) is 5.91 Å². The normalized spacial score (nSPS) is 11.5. The smallest absolute Gasteiger partial charge is 0.413 e. The molecule has 3 N–H and O–H groups in total. The number of carbonyl (C=O) groups excluding carboxylic acids is 2. The number of anilines is 1. The van der Waals surface area contributed by atoms with Crippen molar-refractivity contribution < 1.29 is 24.2 Å². The van der Waals surface area contributed by atoms with Crippen molar-refractivity contribution in [1.29, 1.82) is 0 Å². The number of hydrogen-bond donors (Lipinski definition) is 3. The number of amides is 2. The third-order valence-corrected chi connectivity index (χ3v) is 6.16. The van der Waals surface area contributed by atoms with E-state index in [1.165, 1.54) is 0 Å². The lowest BCUT2D eigenvalue weighted by Gasteiger charge is -2.14. The Morgan fingerprint density at radius 2 is 1.73 bits per heavy atom. The third kappa shape index (κ3) is 4.86. The minimum absolute atomic E-state index is 0.0607. The average Bonchev–Trinajstić information content (AvgIpc) is 3.32. The molecule has 1 heterocycles. The number of thiazole rings is 1. The quantitative estimate of drug-likeness (QED) is 0.500. The van der Waals surface area contributed by atoms with Crippen LogP contribution in [0.5, 0.6) is 0 Å². The van der Waals surface area contributed by atoms with E-state index in [1.54, 1.807) is 6.92 Å². The molecule has 2 amide bonds. The van der Waals surface area contributed by atoms with Crippen molar-refractivity contribution in [3.63, 3.8) is 0 Å². The first-order valence-electron chi connectivity index (χ1n) is 10.0. The summed E-state index contributed by atoms with van der Waals surface area (Å²) in [5.41, 5.74) is 4.93. The molecule has 0 atom stereocenters. The Kier molecular flexibility index (Phi) is 6.38. The zero-order valence-electron chi connectivity index (χ0n) is 17.5. The van der Waals surface area contributed by atoms with Gasteiger partial charge in [0, 0.05) is 11.8 Å². The number of hydrogen-bond acceptors (Lipinski definition) is 6. The van der Waals surface area contributed by atoms with E-state index in [0.717, 1.165) is 33.6 Å². The van der Waals surface area contributed by atoms with Gasteiger partial charge >= 0.3 is 12.1 Å². The van der Waals surface area contributed by atoms with Crippen LogP contribution >= 0.6 is 11.3 Å². The number of fused-ring (bicyclic) bond motifs is 3. The molecule has 33 heavy (non-hydrogen) atoms. The van der Waals surface area contributed by atoms with Crippen molar-refractivity contribution in [1.82, 2.24) is 10.3 Å². The minimum Gasteiger partial charge on any atom is -0.472 e. The van der Waals surface area contributed by atoms with E-state index in [2.05, 4.69) is 33.7 Å². The fourth-order valence-electron chi connectivity index (χ4n) is 3.71. The van der Waals surface area contributed by atoms with Gasteiger partial charge in [-0.25, -0.2) is 14.6 Å². The molecule has 8 nitrogen and oxygen atoms in total. The van der Waals surface area contributed by atoms with E-state index in [1.807, 2.05) is 42.3 Å². The predicted octanol–water partition coefficient (Wildman–Crippen LogP) is 3.63. The van der Waals surface area contributed by atoms with E-state index in [9.17, 15) is 14.4 Å². The van der Waals surface area contributed by atoms with Gasteiger partial charge in [0.15, 0.2) is 5.13 Å². The molecule has 0 saturated carbocycles. The summed E-state index contributed by atoms with van der Waals surface area (Å²) in [7, 11) is 0. The number of aryl methyl sites for hydroxylation is 1. The summed E-state index contributed by atoms with van der Waals surface area (Å²) >= 11 is 0.996. The Labute approximate surface area is 193 Å². The van der Waals surface area contributed by atoms with Crippen LogP contribution in [0.4, 0.5) is 9.93 Å². The molecule has 0 spiro atoms. The molecule has 1 aliphatic carbocycles. The fraction of sp³-hybridized carbons (Fsp3) is 0.167. The average molecular weight is 461 g/mol. The number of carboxylic acids is 1. The summed E-state index contributed by atoms with van der Waals surface area (Å²) in [5, 5.41) is 13.8. The summed E-state index contributed by atoms with van der Waals surface area (Å²) in [6, 6.07) is 16.1. The molecule has 166 valence electrons. The maximum Gasteiger partial charge on any atom is 0.413 e. The van der Waals surface area contributed by atoms with Gasteiger partial charge in [-0.3, -0.25) is 10.1 Å². The number of aromatic nitrogens is 1. The molecular weight excluding hydrogens is 442 g/mol. The molecule has 1 aromatic heterocycles. The minimum atomic E-state index is -1.27. The van der Waals surface area contributed by atoms with E-state index in [4.69, 9.17) is 9.84 Å². The zero-order chi connectivity index (χ0) is 23.4. The number of nitrogens with one attached hydrogen (secondary N) is 2. The topological polar surface area (TPSA) is 118 Å². The maximum absolute atomic E-state index is 12.4. The van der Waals surface area contributed by atoms with Crippen molar-refractivity contribution in [2.75, 3.05) is 18.5 Å². The lowest BCUT2D eigenvalue weighted by Crippen LogP contribution is -2.23. The Morgan fingerprint density at radius 1 is 1.09 bits per heavy atom. The molecule has 0 bridgehead atoms. The number of benzene rings is 2. The van der Waals surface area contributed by atoms with Gasteiger partial charge in [0.1, 0.15) is 11.5 Å². The Bertz CT molecular complexity index is 1260. The number of carboxylic acid groups (broad SMARTS) is 1. The standard InChI is InChI=1S/C24H19N3O5S/c1-14-21(22(30)25-12-6-11-20(28)29)33-23(26-14)27-24(31)32-13-19-17-9-4-2-7-15(17)16-8-3-5-10-18(16)19/h2-5,7-10,19H,12-13H2,1H3,(H,25,30)(H,28,29)(H,26,27,31). The van der Waals surface area contributed by atoms with Crippen LogP contribution in [0.1, 0.15) is 32.4 Å². The molecule has 4 rings (SSSR count). The molecule has 2 aromatic carbocycles. The van der Waals surface area contributed by atoms with Gasteiger partial charge in [-0.05, 0) is 29.2 Å². The van der Waals surface area contributed by atoms with E-state index in [-0.39, 0.29) is 24.2 Å². The van der Waals surface area contributed by atoms with E-state index >= 15 is 0 Å². The van der Waals surface area contributed by atoms with Crippen molar-refractivity contribution >= 4 is 34.4 Å². The Morgan fingerprint density at radius 3 is 2.36 bits per heavy atom. The Balaban J connectivity index is 1.38. The van der Waals surface area contributed by atoms with Crippen LogP contribution in [0.2, 0.25) is 0 Å². The number of ether oxygens (including phenoxy) is 1. The zero-order valence-corrected chi connectivity index (χ0v) is 18.4. The van der Waals surface area contributed by atoms with Gasteiger partial charge in [-0.2, -0.15) is 0 Å². The van der Waals surface area contributed by atoms with E-state index in [0.29, 0.717) is 10.6 Å². The number of rotatable bonds is 5. The van der Waals surface area contributed by atoms with Crippen LogP contribution in [-0.4, -0.2) is 41.2 Å². The van der Waals surface area contributed by atoms with Gasteiger partial charge in [-0.15, -0.1) is 0 Å². The van der Waals surface area contributed by atoms with Crippen LogP contribution in [0.15, 0.2) is 48.5 Å². The summed E-state index contributed by atoms with van der Waals surface area (Å²) in [5.74, 6) is 2.44. The van der Waals surface area contributed by atoms with Crippen molar-refractivity contribution in [2.45, 2.75) is 12.8 Å². The highest BCUT2D eigenvalue weighted by atomic mass is 32.1. The summed E-state index contributed by atoms with van der Waals surface area (Å²) in [6.45, 7) is 1.69. The largest absolute Gasteiger partial charge is 0.472 e. The monoisotopic (exact) mass is 461 g/mol. The fourth-order valence-corrected chi connectivity index (χ4v) is 4.58. The van der Waals surface area contributed by atoms with Crippen LogP contribution < -0.4 is 10.6 Å². The second kappa shape index (κ2) is 9.54. The molecular formula is C24H19N3O5S. The summed E-state index contributed by atoms with van der Waals surface area (Å²) in [4.78, 5) is 39.5. The van der Waals surface area contributed by atoms with Gasteiger partial charge < -0.3 is 15.2 Å². The van der Waals surface area contributed by atoms with E-state index < -0.39 is 18.0 Å². The van der Waals surface area contributed by atoms with Crippen molar-refractivity contribution in [3.05, 3.63) is 70.2 Å². The third-order valence-electron chi connectivity index (χ3n) is 5.09. The van der Waals surface area contributed by atoms with Crippen LogP contribution in [-0.2, 0) is 9.53 Å². The predicted molar refractivity (Wildman–Crippen MR) is 123 cm³/mol. The molecule has 1 aliphatic rings. The highest BCUT2D eigenvalue weighted by Crippen LogP contribution is 2.44.